The summed E-state index contributed by atoms with van der Waals surface area (Å²) in [7, 11) is 0. The van der Waals surface area contributed by atoms with Crippen LogP contribution in [0.1, 0.15) is 53.3 Å². The molecule has 1 atom stereocenters. The van der Waals surface area contributed by atoms with E-state index in [1.807, 2.05) is 25.1 Å². The number of rotatable bonds is 3. The summed E-state index contributed by atoms with van der Waals surface area (Å²) >= 11 is 0. The van der Waals surface area contributed by atoms with E-state index in [1.54, 1.807) is 0 Å². The number of benzene rings is 3. The van der Waals surface area contributed by atoms with Crippen molar-refractivity contribution in [1.29, 1.82) is 0 Å². The molecule has 0 aliphatic heterocycles. The van der Waals surface area contributed by atoms with Crippen molar-refractivity contribution < 1.29 is 5.11 Å². The van der Waals surface area contributed by atoms with Crippen molar-refractivity contribution in [2.75, 3.05) is 0 Å². The van der Waals surface area contributed by atoms with Gasteiger partial charge in [0.1, 0.15) is 5.75 Å². The Hall–Kier alpha value is -2.87. The highest BCUT2D eigenvalue weighted by Gasteiger charge is 2.17. The largest absolute Gasteiger partial charge is 0.507 e. The van der Waals surface area contributed by atoms with Gasteiger partial charge >= 0.3 is 0 Å². The topological polar surface area (TPSA) is 32.6 Å². The maximum Gasteiger partial charge on any atom is 0.128 e. The molecule has 0 spiro atoms. The van der Waals surface area contributed by atoms with Crippen molar-refractivity contribution in [3.05, 3.63) is 100 Å². The summed E-state index contributed by atoms with van der Waals surface area (Å²) in [5.74, 6) is 0.411. The summed E-state index contributed by atoms with van der Waals surface area (Å²) in [5, 5.41) is 11.1. The van der Waals surface area contributed by atoms with Crippen LogP contribution in [0.2, 0.25) is 0 Å². The van der Waals surface area contributed by atoms with Crippen LogP contribution in [0.4, 0.5) is 0 Å². The Bertz CT molecular complexity index is 987. The van der Waals surface area contributed by atoms with Crippen LogP contribution in [0.25, 0.3) is 0 Å². The lowest BCUT2D eigenvalue weighted by Gasteiger charge is -2.18. The Labute approximate surface area is 167 Å². The molecular formula is C26H27NO. The van der Waals surface area contributed by atoms with Crippen LogP contribution < -0.4 is 0 Å². The monoisotopic (exact) mass is 369 g/mol. The average Bonchev–Trinajstić information content (AvgIpc) is 2.71. The van der Waals surface area contributed by atoms with Crippen molar-refractivity contribution in [2.45, 2.75) is 45.6 Å². The molecule has 4 bridgehead atoms. The van der Waals surface area contributed by atoms with E-state index >= 15 is 0 Å². The Morgan fingerprint density at radius 3 is 2.00 bits per heavy atom. The summed E-state index contributed by atoms with van der Waals surface area (Å²) in [6, 6.07) is 23.6. The molecule has 3 aromatic rings. The standard InChI is InChI=1S/C26H27NO/c1-18(22-6-4-3-5-7-22)27-19(2)25-23-14-12-20-8-10-21(11-9-20)13-15-24(17-16-23)26(25)28/h3-11,16-18,28H,12-15H2,1-2H3/t18-/m1/s1. The molecule has 1 N–H and O–H groups in total. The average molecular weight is 370 g/mol. The molecule has 7 rings (SSSR count). The zero-order valence-electron chi connectivity index (χ0n) is 16.7. The second-order valence-electron chi connectivity index (χ2n) is 7.73. The summed E-state index contributed by atoms with van der Waals surface area (Å²) in [6.45, 7) is 4.14. The molecule has 0 heterocycles. The van der Waals surface area contributed by atoms with E-state index in [1.165, 1.54) is 22.3 Å². The van der Waals surface area contributed by atoms with Crippen molar-refractivity contribution in [1.82, 2.24) is 0 Å². The summed E-state index contributed by atoms with van der Waals surface area (Å²) in [4.78, 5) is 4.95. The number of phenols is 1. The number of nitrogens with zero attached hydrogens (tertiary/aromatic N) is 1. The molecule has 4 aliphatic carbocycles. The van der Waals surface area contributed by atoms with E-state index in [0.29, 0.717) is 5.75 Å². The Morgan fingerprint density at radius 2 is 1.36 bits per heavy atom. The smallest absolute Gasteiger partial charge is 0.128 e. The van der Waals surface area contributed by atoms with Crippen LogP contribution in [0.5, 0.6) is 5.75 Å². The molecule has 28 heavy (non-hydrogen) atoms. The Kier molecular flexibility index (Phi) is 5.29. The zero-order valence-corrected chi connectivity index (χ0v) is 16.7. The molecule has 0 fully saturated rings. The fraction of sp³-hybridized carbons (Fsp3) is 0.269. The number of hydrogen-bond acceptors (Lipinski definition) is 2. The second kappa shape index (κ2) is 8.02. The van der Waals surface area contributed by atoms with Crippen LogP contribution in [0.3, 0.4) is 0 Å². The van der Waals surface area contributed by atoms with Gasteiger partial charge in [-0.25, -0.2) is 0 Å². The minimum atomic E-state index is 0.0581. The highest BCUT2D eigenvalue weighted by Crippen LogP contribution is 2.31. The quantitative estimate of drug-likeness (QED) is 0.577. The third-order valence-corrected chi connectivity index (χ3v) is 5.77. The lowest BCUT2D eigenvalue weighted by atomic mass is 9.90. The lowest BCUT2D eigenvalue weighted by molar-refractivity contribution is 0.465. The number of aliphatic imine (C=N–C) groups is 1. The maximum absolute atomic E-state index is 11.1. The Morgan fingerprint density at radius 1 is 0.786 bits per heavy atom. The van der Waals surface area contributed by atoms with Gasteiger partial charge in [-0.2, -0.15) is 0 Å². The highest BCUT2D eigenvalue weighted by molar-refractivity contribution is 6.03. The number of aryl methyl sites for hydroxylation is 4. The molecule has 142 valence electrons. The first kappa shape index (κ1) is 18.5. The first-order valence-corrected chi connectivity index (χ1v) is 10.1. The van der Waals surface area contributed by atoms with Gasteiger partial charge in [0.2, 0.25) is 0 Å². The fourth-order valence-electron chi connectivity index (χ4n) is 4.08. The van der Waals surface area contributed by atoms with Gasteiger partial charge in [0.05, 0.1) is 6.04 Å². The molecule has 0 amide bonds. The molecule has 0 radical (unpaired) electrons. The maximum atomic E-state index is 11.1. The van der Waals surface area contributed by atoms with E-state index in [4.69, 9.17) is 4.99 Å². The predicted octanol–water partition coefficient (Wildman–Crippen LogP) is 5.85. The number of hydrogen-bond donors (Lipinski definition) is 1. The van der Waals surface area contributed by atoms with Crippen LogP contribution in [0.15, 0.2) is 71.7 Å². The summed E-state index contributed by atoms with van der Waals surface area (Å²) in [6.07, 6.45) is 3.63. The van der Waals surface area contributed by atoms with Gasteiger partial charge in [0, 0.05) is 11.3 Å². The molecule has 0 unspecified atom stereocenters. The van der Waals surface area contributed by atoms with Gasteiger partial charge in [-0.3, -0.25) is 4.99 Å². The van der Waals surface area contributed by atoms with E-state index in [0.717, 1.165) is 42.5 Å². The minimum Gasteiger partial charge on any atom is -0.507 e. The van der Waals surface area contributed by atoms with Gasteiger partial charge in [-0.05, 0) is 67.3 Å². The number of phenolic OH excluding ortho intramolecular Hbond substituents is 1. The van der Waals surface area contributed by atoms with Gasteiger partial charge < -0.3 is 5.11 Å². The van der Waals surface area contributed by atoms with Crippen molar-refractivity contribution in [3.8, 4) is 5.75 Å². The van der Waals surface area contributed by atoms with Crippen LogP contribution in [-0.4, -0.2) is 10.8 Å². The molecule has 2 heteroatoms. The van der Waals surface area contributed by atoms with Crippen LogP contribution in [-0.2, 0) is 25.7 Å². The molecule has 0 aromatic heterocycles. The van der Waals surface area contributed by atoms with E-state index in [9.17, 15) is 5.11 Å². The van der Waals surface area contributed by atoms with Crippen molar-refractivity contribution in [2.24, 2.45) is 4.99 Å². The van der Waals surface area contributed by atoms with Crippen LogP contribution in [0, 0.1) is 0 Å². The van der Waals surface area contributed by atoms with Gasteiger partial charge in [0.15, 0.2) is 0 Å². The third kappa shape index (κ3) is 3.87. The molecule has 2 nitrogen and oxygen atoms in total. The first-order valence-electron chi connectivity index (χ1n) is 10.1. The summed E-state index contributed by atoms with van der Waals surface area (Å²) in [5.41, 5.74) is 7.86. The molecule has 0 saturated carbocycles. The second-order valence-corrected chi connectivity index (χ2v) is 7.73. The van der Waals surface area contributed by atoms with E-state index < -0.39 is 0 Å². The normalized spacial score (nSPS) is 15.1. The molecule has 4 aliphatic rings. The van der Waals surface area contributed by atoms with Gasteiger partial charge in [-0.15, -0.1) is 0 Å². The minimum absolute atomic E-state index is 0.0581. The molecular weight excluding hydrogens is 342 g/mol. The third-order valence-electron chi connectivity index (χ3n) is 5.77. The van der Waals surface area contributed by atoms with Crippen molar-refractivity contribution >= 4 is 5.71 Å². The Balaban J connectivity index is 1.73. The molecule has 3 aromatic carbocycles. The highest BCUT2D eigenvalue weighted by atomic mass is 16.3. The van der Waals surface area contributed by atoms with Crippen LogP contribution >= 0.6 is 0 Å². The first-order chi connectivity index (χ1) is 13.6. The lowest BCUT2D eigenvalue weighted by Crippen LogP contribution is -2.08. The SMILES string of the molecule is CC(=N[C@H](C)c1ccccc1)c1c2ccc(c1O)CCc1ccc(cc1)CC2. The van der Waals surface area contributed by atoms with Crippen molar-refractivity contribution in [3.63, 3.8) is 0 Å². The number of aromatic hydroxyl groups is 1. The predicted molar refractivity (Wildman–Crippen MR) is 116 cm³/mol. The zero-order chi connectivity index (χ0) is 19.5. The van der Waals surface area contributed by atoms with E-state index in [2.05, 4.69) is 55.5 Å². The summed E-state index contributed by atoms with van der Waals surface area (Å²) < 4.78 is 0. The molecule has 0 saturated heterocycles. The fourth-order valence-corrected chi connectivity index (χ4v) is 4.08. The van der Waals surface area contributed by atoms with Gasteiger partial charge in [0.25, 0.3) is 0 Å². The van der Waals surface area contributed by atoms with Gasteiger partial charge in [-0.1, -0.05) is 66.7 Å². The van der Waals surface area contributed by atoms with E-state index in [-0.39, 0.29) is 6.04 Å².